The van der Waals surface area contributed by atoms with Crippen LogP contribution in [0.25, 0.3) is 11.4 Å². The molecule has 2 aromatic heterocycles. The molecule has 11 heteroatoms. The van der Waals surface area contributed by atoms with Gasteiger partial charge in [-0.1, -0.05) is 5.16 Å². The molecule has 3 aromatic rings. The lowest BCUT2D eigenvalue weighted by Gasteiger charge is -2.07. The minimum absolute atomic E-state index is 0.00486. The maximum Gasteiger partial charge on any atom is 0.340 e. The maximum atomic E-state index is 13.5. The Bertz CT molecular complexity index is 996. The molecule has 0 aliphatic rings. The van der Waals surface area contributed by atoms with Crippen molar-refractivity contribution in [1.29, 1.82) is 0 Å². The molecule has 3 rings (SSSR count). The predicted octanol–water partition coefficient (Wildman–Crippen LogP) is 2.06. The zero-order valence-corrected chi connectivity index (χ0v) is 15.0. The molecule has 0 fully saturated rings. The number of carbonyl (C=O) groups excluding carboxylic acids is 2. The quantitative estimate of drug-likeness (QED) is 0.389. The van der Waals surface area contributed by atoms with Crippen LogP contribution in [0.4, 0.5) is 14.8 Å². The zero-order chi connectivity index (χ0) is 20.6. The largest absolute Gasteiger partial charge is 0.352 e. The monoisotopic (exact) mass is 402 g/mol. The fourth-order valence-electron chi connectivity index (χ4n) is 2.30. The number of rotatable bonds is 8. The molecule has 0 saturated heterocycles. The maximum absolute atomic E-state index is 13.5. The molecular weight excluding hydrogens is 386 g/mol. The van der Waals surface area contributed by atoms with Crippen LogP contribution in [0.1, 0.15) is 23.2 Å². The van der Waals surface area contributed by atoms with Crippen molar-refractivity contribution in [1.82, 2.24) is 25.9 Å². The van der Waals surface area contributed by atoms with E-state index in [1.165, 1.54) is 0 Å². The minimum atomic E-state index is -0.949. The first-order chi connectivity index (χ1) is 14.0. The average molecular weight is 402 g/mol. The van der Waals surface area contributed by atoms with Crippen molar-refractivity contribution in [2.75, 3.05) is 12.0 Å². The number of nitrogens with one attached hydrogen (secondary N) is 3. The van der Waals surface area contributed by atoms with E-state index >= 15 is 0 Å². The van der Waals surface area contributed by atoms with Crippen molar-refractivity contribution in [3.05, 3.63) is 59.9 Å². The van der Waals surface area contributed by atoms with E-state index < -0.39 is 17.5 Å². The lowest BCUT2D eigenvalue weighted by molar-refractivity contribution is -0.120. The van der Waals surface area contributed by atoms with Crippen LogP contribution in [0.3, 0.4) is 0 Å². The Labute approximate surface area is 163 Å². The van der Waals surface area contributed by atoms with Crippen LogP contribution in [-0.4, -0.2) is 33.5 Å². The SMILES string of the molecule is O=C(CCCNC(=O)c1ccc(F)cc1F)NNc1nc(-c2ccncc2)no1. The Morgan fingerprint density at radius 3 is 2.66 bits per heavy atom. The molecule has 0 spiro atoms. The van der Waals surface area contributed by atoms with Crippen LogP contribution in [0.2, 0.25) is 0 Å². The van der Waals surface area contributed by atoms with Gasteiger partial charge in [-0.3, -0.25) is 20.0 Å². The first-order valence-corrected chi connectivity index (χ1v) is 8.55. The summed E-state index contributed by atoms with van der Waals surface area (Å²) in [6.45, 7) is 0.135. The second-order valence-corrected chi connectivity index (χ2v) is 5.82. The Kier molecular flexibility index (Phi) is 6.40. The van der Waals surface area contributed by atoms with Gasteiger partial charge in [-0.05, 0) is 30.7 Å². The standard InChI is InChI=1S/C18H16F2N6O3/c19-12-3-4-13(14(20)10-12)17(28)22-7-1-2-15(27)24-25-18-23-16(26-29-18)11-5-8-21-9-6-11/h3-6,8-10H,1-2,7H2,(H,22,28)(H,24,27)(H,23,25,26). The predicted molar refractivity (Wildman–Crippen MR) is 97.2 cm³/mol. The first kappa shape index (κ1) is 19.9. The fraction of sp³-hybridized carbons (Fsp3) is 0.167. The van der Waals surface area contributed by atoms with Crippen molar-refractivity contribution in [2.45, 2.75) is 12.8 Å². The topological polar surface area (TPSA) is 122 Å². The Morgan fingerprint density at radius 2 is 1.90 bits per heavy atom. The van der Waals surface area contributed by atoms with Crippen LogP contribution in [0.5, 0.6) is 0 Å². The molecule has 3 N–H and O–H groups in total. The summed E-state index contributed by atoms with van der Waals surface area (Å²) in [5.74, 6) is -2.45. The Hall–Kier alpha value is -3.89. The van der Waals surface area contributed by atoms with E-state index in [1.54, 1.807) is 24.5 Å². The Balaban J connectivity index is 1.37. The third-order valence-electron chi connectivity index (χ3n) is 3.72. The minimum Gasteiger partial charge on any atom is -0.352 e. The summed E-state index contributed by atoms with van der Waals surface area (Å²) >= 11 is 0. The summed E-state index contributed by atoms with van der Waals surface area (Å²) in [7, 11) is 0. The fourth-order valence-corrected chi connectivity index (χ4v) is 2.30. The highest BCUT2D eigenvalue weighted by Crippen LogP contribution is 2.15. The normalized spacial score (nSPS) is 10.4. The smallest absolute Gasteiger partial charge is 0.340 e. The lowest BCUT2D eigenvalue weighted by atomic mass is 10.2. The van der Waals surface area contributed by atoms with Crippen molar-refractivity contribution in [3.8, 4) is 11.4 Å². The van der Waals surface area contributed by atoms with E-state index in [1.807, 2.05) is 0 Å². The molecule has 0 bridgehead atoms. The van der Waals surface area contributed by atoms with Gasteiger partial charge in [-0.25, -0.2) is 14.2 Å². The molecule has 150 valence electrons. The van der Waals surface area contributed by atoms with Gasteiger partial charge in [0.15, 0.2) is 0 Å². The number of hydrazine groups is 1. The van der Waals surface area contributed by atoms with E-state index in [0.29, 0.717) is 23.9 Å². The molecule has 0 aliphatic heterocycles. The van der Waals surface area contributed by atoms with Crippen LogP contribution in [0, 0.1) is 11.6 Å². The van der Waals surface area contributed by atoms with Crippen LogP contribution in [-0.2, 0) is 4.79 Å². The second kappa shape index (κ2) is 9.35. The number of halogens is 2. The third-order valence-corrected chi connectivity index (χ3v) is 3.72. The van der Waals surface area contributed by atoms with Gasteiger partial charge in [-0.15, -0.1) is 0 Å². The van der Waals surface area contributed by atoms with E-state index in [9.17, 15) is 18.4 Å². The number of anilines is 1. The van der Waals surface area contributed by atoms with E-state index in [2.05, 4.69) is 31.3 Å². The number of hydrogen-bond acceptors (Lipinski definition) is 7. The van der Waals surface area contributed by atoms with Crippen molar-refractivity contribution in [2.24, 2.45) is 0 Å². The molecule has 2 heterocycles. The van der Waals surface area contributed by atoms with Gasteiger partial charge >= 0.3 is 6.01 Å². The highest BCUT2D eigenvalue weighted by atomic mass is 19.1. The number of benzene rings is 1. The van der Waals surface area contributed by atoms with Crippen molar-refractivity contribution in [3.63, 3.8) is 0 Å². The second-order valence-electron chi connectivity index (χ2n) is 5.82. The highest BCUT2D eigenvalue weighted by Gasteiger charge is 2.12. The van der Waals surface area contributed by atoms with Crippen LogP contribution >= 0.6 is 0 Å². The summed E-state index contributed by atoms with van der Waals surface area (Å²) < 4.78 is 31.3. The number of nitrogens with zero attached hydrogens (tertiary/aromatic N) is 3. The molecular formula is C18H16F2N6O3. The van der Waals surface area contributed by atoms with Gasteiger partial charge in [0.1, 0.15) is 11.6 Å². The van der Waals surface area contributed by atoms with Crippen LogP contribution in [0.15, 0.2) is 47.2 Å². The summed E-state index contributed by atoms with van der Waals surface area (Å²) in [6.07, 6.45) is 3.55. The van der Waals surface area contributed by atoms with Gasteiger partial charge in [0.2, 0.25) is 11.7 Å². The molecule has 0 radical (unpaired) electrons. The van der Waals surface area contributed by atoms with Gasteiger partial charge in [-0.2, -0.15) is 4.98 Å². The summed E-state index contributed by atoms with van der Waals surface area (Å²) in [5.41, 5.74) is 5.32. The van der Waals surface area contributed by atoms with Crippen molar-refractivity contribution >= 4 is 17.8 Å². The summed E-state index contributed by atoms with van der Waals surface area (Å²) in [5, 5.41) is 6.23. The molecule has 0 saturated carbocycles. The number of carbonyl (C=O) groups is 2. The number of hydrogen-bond donors (Lipinski definition) is 3. The molecule has 2 amide bonds. The van der Waals surface area contributed by atoms with E-state index in [4.69, 9.17) is 4.52 Å². The molecule has 29 heavy (non-hydrogen) atoms. The molecule has 1 aromatic carbocycles. The lowest BCUT2D eigenvalue weighted by Crippen LogP contribution is -2.31. The zero-order valence-electron chi connectivity index (χ0n) is 15.0. The van der Waals surface area contributed by atoms with Gasteiger partial charge < -0.3 is 9.84 Å². The number of pyridine rings is 1. The van der Waals surface area contributed by atoms with Crippen LogP contribution < -0.4 is 16.2 Å². The summed E-state index contributed by atoms with van der Waals surface area (Å²) in [6, 6.07) is 6.10. The molecule has 0 aliphatic carbocycles. The third kappa shape index (κ3) is 5.54. The average Bonchev–Trinajstić information content (AvgIpc) is 3.19. The number of aromatic nitrogens is 3. The first-order valence-electron chi connectivity index (χ1n) is 8.55. The molecule has 0 unspecified atom stereocenters. The highest BCUT2D eigenvalue weighted by molar-refractivity contribution is 5.94. The number of amides is 2. The van der Waals surface area contributed by atoms with Gasteiger partial charge in [0.25, 0.3) is 5.91 Å². The van der Waals surface area contributed by atoms with E-state index in [0.717, 1.165) is 12.1 Å². The van der Waals surface area contributed by atoms with E-state index in [-0.39, 0.29) is 30.5 Å². The van der Waals surface area contributed by atoms with Crippen molar-refractivity contribution < 1.29 is 22.9 Å². The van der Waals surface area contributed by atoms with Gasteiger partial charge in [0.05, 0.1) is 5.56 Å². The molecule has 9 nitrogen and oxygen atoms in total. The van der Waals surface area contributed by atoms with Gasteiger partial charge in [0, 0.05) is 37.0 Å². The Morgan fingerprint density at radius 1 is 1.10 bits per heavy atom. The summed E-state index contributed by atoms with van der Waals surface area (Å²) in [4.78, 5) is 31.6. The molecule has 0 atom stereocenters.